The molecule has 0 aliphatic carbocycles. The van der Waals surface area contributed by atoms with Crippen LogP contribution in [0, 0.1) is 0 Å². The molecule has 1 aromatic carbocycles. The highest BCUT2D eigenvalue weighted by Gasteiger charge is 2.52. The van der Waals surface area contributed by atoms with Crippen molar-refractivity contribution in [3.05, 3.63) is 53.9 Å². The molecule has 172 valence electrons. The van der Waals surface area contributed by atoms with Crippen molar-refractivity contribution < 1.29 is 28.1 Å². The molecule has 3 atom stereocenters. The summed E-state index contributed by atoms with van der Waals surface area (Å²) in [6.07, 6.45) is 1.34. The fraction of sp³-hybridized carbons (Fsp3) is 0.500. The second-order valence-corrected chi connectivity index (χ2v) is 8.71. The normalized spacial score (nSPS) is 24.0. The number of halogens is 1. The van der Waals surface area contributed by atoms with Gasteiger partial charge in [0.05, 0.1) is 19.3 Å². The molecule has 4 rings (SSSR count). The first-order chi connectivity index (χ1) is 15.2. The van der Waals surface area contributed by atoms with E-state index in [1.54, 1.807) is 36.2 Å². The first-order valence-corrected chi connectivity index (χ1v) is 10.7. The number of carbonyl (C=O) groups is 1. The average Bonchev–Trinajstić information content (AvgIpc) is 3.23. The molecule has 1 aromatic heterocycles. The van der Waals surface area contributed by atoms with Gasteiger partial charge in [0.1, 0.15) is 30.3 Å². The summed E-state index contributed by atoms with van der Waals surface area (Å²) in [5.74, 6) is 0.633. The predicted molar refractivity (Wildman–Crippen MR) is 116 cm³/mol. The summed E-state index contributed by atoms with van der Waals surface area (Å²) in [5, 5.41) is 0. The topological polar surface area (TPSA) is 70.1 Å². The fourth-order valence-corrected chi connectivity index (χ4v) is 4.05. The number of hydrogen-bond donors (Lipinski definition) is 0. The van der Waals surface area contributed by atoms with Crippen molar-refractivity contribution >= 4 is 5.91 Å². The summed E-state index contributed by atoms with van der Waals surface area (Å²) >= 11 is 0. The molecule has 2 saturated heterocycles. The molecule has 0 bridgehead atoms. The van der Waals surface area contributed by atoms with Gasteiger partial charge in [-0.1, -0.05) is 6.07 Å². The number of piperidine rings is 1. The van der Waals surface area contributed by atoms with Crippen LogP contribution in [0.25, 0.3) is 0 Å². The predicted octanol–water partition coefficient (Wildman–Crippen LogP) is 3.72. The Bertz CT molecular complexity index is 965. The summed E-state index contributed by atoms with van der Waals surface area (Å²) in [4.78, 5) is 19.5. The zero-order valence-electron chi connectivity index (χ0n) is 18.8. The lowest BCUT2D eigenvalue weighted by molar-refractivity contribution is -0.0470. The number of aromatic nitrogens is 1. The highest BCUT2D eigenvalue weighted by atomic mass is 19.1. The third kappa shape index (κ3) is 4.17. The Balaban J connectivity index is 1.51. The van der Waals surface area contributed by atoms with E-state index >= 15 is 0 Å². The third-order valence-electron chi connectivity index (χ3n) is 6.31. The minimum Gasteiger partial charge on any atom is -0.493 e. The van der Waals surface area contributed by atoms with Gasteiger partial charge < -0.3 is 23.8 Å². The van der Waals surface area contributed by atoms with E-state index in [-0.39, 0.29) is 18.8 Å². The number of pyridine rings is 1. The molecule has 7 nitrogen and oxygen atoms in total. The van der Waals surface area contributed by atoms with Gasteiger partial charge in [0.2, 0.25) is 0 Å². The molecule has 2 aromatic rings. The molecule has 0 radical (unpaired) electrons. The van der Waals surface area contributed by atoms with Crippen LogP contribution < -0.4 is 9.47 Å². The van der Waals surface area contributed by atoms with Crippen LogP contribution in [-0.4, -0.2) is 60.7 Å². The number of fused-ring (bicyclic) bond motifs is 1. The van der Waals surface area contributed by atoms with Gasteiger partial charge in [0, 0.05) is 24.7 Å². The van der Waals surface area contributed by atoms with Crippen LogP contribution in [-0.2, 0) is 15.1 Å². The molecular weight excluding hydrogens is 415 g/mol. The number of rotatable bonds is 6. The van der Waals surface area contributed by atoms with Crippen molar-refractivity contribution in [3.8, 4) is 11.5 Å². The van der Waals surface area contributed by atoms with Gasteiger partial charge in [-0.2, -0.15) is 0 Å². The van der Waals surface area contributed by atoms with Gasteiger partial charge in [0.15, 0.2) is 11.5 Å². The maximum absolute atomic E-state index is 14.2. The van der Waals surface area contributed by atoms with Gasteiger partial charge in [-0.3, -0.25) is 9.78 Å². The Morgan fingerprint density at radius 2 is 2.12 bits per heavy atom. The molecule has 0 N–H and O–H groups in total. The third-order valence-corrected chi connectivity index (χ3v) is 6.31. The fourth-order valence-electron chi connectivity index (χ4n) is 4.05. The summed E-state index contributed by atoms with van der Waals surface area (Å²) < 4.78 is 37.1. The molecule has 2 aliphatic heterocycles. The van der Waals surface area contributed by atoms with Gasteiger partial charge in [-0.05, 0) is 51.1 Å². The van der Waals surface area contributed by atoms with E-state index in [1.165, 1.54) is 21.0 Å². The molecule has 32 heavy (non-hydrogen) atoms. The van der Waals surface area contributed by atoms with Crippen LogP contribution in [0.4, 0.5) is 4.39 Å². The Labute approximate surface area is 187 Å². The SMILES string of the molecule is COc1cc(C(=O)N2CC[C@]3(c4ccccn4)OCOC3C2)ccc1OC(C)C(C)(C)F. The van der Waals surface area contributed by atoms with Crippen molar-refractivity contribution in [1.82, 2.24) is 9.88 Å². The van der Waals surface area contributed by atoms with Crippen LogP contribution in [0.5, 0.6) is 11.5 Å². The van der Waals surface area contributed by atoms with Crippen molar-refractivity contribution in [1.29, 1.82) is 0 Å². The van der Waals surface area contributed by atoms with E-state index in [0.717, 1.165) is 5.69 Å². The molecule has 1 amide bonds. The van der Waals surface area contributed by atoms with E-state index in [9.17, 15) is 9.18 Å². The van der Waals surface area contributed by atoms with Crippen molar-refractivity contribution in [2.45, 2.75) is 50.7 Å². The quantitative estimate of drug-likeness (QED) is 0.676. The Kier molecular flexibility index (Phi) is 6.09. The van der Waals surface area contributed by atoms with E-state index in [4.69, 9.17) is 18.9 Å². The minimum atomic E-state index is -1.52. The molecule has 2 unspecified atom stereocenters. The minimum absolute atomic E-state index is 0.140. The monoisotopic (exact) mass is 444 g/mol. The molecule has 0 saturated carbocycles. The van der Waals surface area contributed by atoms with Gasteiger partial charge >= 0.3 is 0 Å². The van der Waals surface area contributed by atoms with Gasteiger partial charge in [0.25, 0.3) is 5.91 Å². The lowest BCUT2D eigenvalue weighted by Crippen LogP contribution is -2.53. The second-order valence-electron chi connectivity index (χ2n) is 8.71. The van der Waals surface area contributed by atoms with Crippen LogP contribution >= 0.6 is 0 Å². The lowest BCUT2D eigenvalue weighted by atomic mass is 9.85. The number of methoxy groups -OCH3 is 1. The first kappa shape index (κ1) is 22.5. The highest BCUT2D eigenvalue weighted by molar-refractivity contribution is 5.95. The number of alkyl halides is 1. The summed E-state index contributed by atoms with van der Waals surface area (Å²) in [7, 11) is 1.49. The number of ether oxygens (including phenoxy) is 4. The molecule has 2 aliphatic rings. The van der Waals surface area contributed by atoms with Crippen LogP contribution in [0.3, 0.4) is 0 Å². The molecule has 8 heteroatoms. The Morgan fingerprint density at radius 1 is 1.31 bits per heavy atom. The summed E-state index contributed by atoms with van der Waals surface area (Å²) in [6, 6.07) is 10.7. The van der Waals surface area contributed by atoms with Gasteiger partial charge in [-0.25, -0.2) is 4.39 Å². The van der Waals surface area contributed by atoms with Crippen LogP contribution in [0.2, 0.25) is 0 Å². The Hall–Kier alpha value is -2.71. The second kappa shape index (κ2) is 8.67. The van der Waals surface area contributed by atoms with Crippen molar-refractivity contribution in [2.24, 2.45) is 0 Å². The highest BCUT2D eigenvalue weighted by Crippen LogP contribution is 2.42. The van der Waals surface area contributed by atoms with Gasteiger partial charge in [-0.15, -0.1) is 0 Å². The Morgan fingerprint density at radius 3 is 2.81 bits per heavy atom. The smallest absolute Gasteiger partial charge is 0.254 e. The maximum Gasteiger partial charge on any atom is 0.254 e. The number of nitrogens with zero attached hydrogens (tertiary/aromatic N) is 2. The standard InChI is InChI=1S/C24H29FN2O5/c1-16(23(2,3)25)32-18-9-8-17(13-19(18)29-4)22(28)27-12-10-24(20-7-5-6-11-26-20)21(14-27)30-15-31-24/h5-9,11,13,16,21H,10,12,14-15H2,1-4H3/t16?,21?,24-/m1/s1. The number of benzene rings is 1. The average molecular weight is 445 g/mol. The van der Waals surface area contributed by atoms with Crippen LogP contribution in [0.1, 0.15) is 43.2 Å². The molecule has 0 spiro atoms. The van der Waals surface area contributed by atoms with Crippen LogP contribution in [0.15, 0.2) is 42.6 Å². The molecular formula is C24H29FN2O5. The largest absolute Gasteiger partial charge is 0.493 e. The maximum atomic E-state index is 14.2. The number of hydrogen-bond acceptors (Lipinski definition) is 6. The molecule has 3 heterocycles. The number of amides is 1. The number of likely N-dealkylation sites (tertiary alicyclic amines) is 1. The zero-order valence-corrected chi connectivity index (χ0v) is 18.8. The van der Waals surface area contributed by atoms with E-state index in [0.29, 0.717) is 36.6 Å². The van der Waals surface area contributed by atoms with Crippen molar-refractivity contribution in [3.63, 3.8) is 0 Å². The van der Waals surface area contributed by atoms with E-state index in [2.05, 4.69) is 4.98 Å². The summed E-state index contributed by atoms with van der Waals surface area (Å²) in [6.45, 7) is 5.64. The lowest BCUT2D eigenvalue weighted by Gasteiger charge is -2.41. The van der Waals surface area contributed by atoms with E-state index in [1.807, 2.05) is 18.2 Å². The first-order valence-electron chi connectivity index (χ1n) is 10.7. The zero-order chi connectivity index (χ0) is 22.9. The number of carbonyl (C=O) groups excluding carboxylic acids is 1. The molecule has 2 fully saturated rings. The summed E-state index contributed by atoms with van der Waals surface area (Å²) in [5.41, 5.74) is -0.868. The van der Waals surface area contributed by atoms with E-state index < -0.39 is 17.4 Å². The van der Waals surface area contributed by atoms with Crippen molar-refractivity contribution in [2.75, 3.05) is 27.0 Å².